The number of benzene rings is 4. The number of hydrogen-bond acceptors (Lipinski definition) is 20. The minimum Gasteiger partial charge on any atom is -0.444 e. The highest BCUT2D eigenvalue weighted by Crippen LogP contribution is 2.30. The standard InChI is InChI=1S/C15H18FN3O3.C14H18FN3O4.C14H20FN3O2.C8H16N2O2.C6H3F2NO2.C6H15N.C2H6O.CH4O/c1-15(2,3)22-14(21)18-7-10(8-18)19-12-5-4-9(16)6-11(12)17-13(19)20;1-14(2,3)22-13(19)17-7-10(8-17)16-11-5-4-9(15)6-12(11)18(20)21;1-14(2,3)20-13(19)18-7-10(8-18)17-12-5-4-9(15)6-11(12)16;1-8(2,3)12-7(11)10-4-6(9)5-10;7-4-1-2-5(8)6(3-4)9(10)11;1-4-7(5-2)6-3;1-2-3;1-2/h4-6,10H,7-8H2,1-3H3,(H,17,20);4-6,10,16H,7-8H2,1-3H3;4-6,10,17H,7-8,16H2,1-3H3;6H,4-5,9H2,1-3H3;1-3H;4-6H2,1-3H3;3H,2H2,1H3;2H,1H3. The molecule has 33 heteroatoms. The number of likely N-dealkylation sites (tertiary alicyclic amines) is 4. The van der Waals surface area contributed by atoms with Gasteiger partial charge in [-0.2, -0.15) is 4.39 Å². The molecule has 4 aromatic carbocycles. The van der Waals surface area contributed by atoms with Gasteiger partial charge in [0.05, 0.1) is 62.5 Å². The molecule has 99 heavy (non-hydrogen) atoms. The molecule has 0 aliphatic carbocycles. The summed E-state index contributed by atoms with van der Waals surface area (Å²) in [6, 6.07) is 13.8. The number of nitrogens with one attached hydrogen (secondary N) is 3. The average molecular weight is 1410 g/mol. The summed E-state index contributed by atoms with van der Waals surface area (Å²) < 4.78 is 86.3. The summed E-state index contributed by atoms with van der Waals surface area (Å²) in [6.07, 6.45) is -1.38. The Hall–Kier alpha value is -9.08. The van der Waals surface area contributed by atoms with Crippen LogP contribution in [0.5, 0.6) is 0 Å². The van der Waals surface area contributed by atoms with E-state index >= 15 is 0 Å². The van der Waals surface area contributed by atoms with Crippen molar-refractivity contribution in [2.75, 3.05) is 102 Å². The number of aliphatic hydroxyl groups excluding tert-OH is 2. The van der Waals surface area contributed by atoms with Crippen molar-refractivity contribution in [1.29, 1.82) is 0 Å². The van der Waals surface area contributed by atoms with E-state index in [2.05, 4.69) is 41.3 Å². The van der Waals surface area contributed by atoms with Gasteiger partial charge in [0.25, 0.3) is 5.69 Å². The van der Waals surface area contributed by atoms with Gasteiger partial charge in [-0.25, -0.2) is 41.5 Å². The van der Waals surface area contributed by atoms with Gasteiger partial charge < -0.3 is 80.7 Å². The first-order valence-corrected chi connectivity index (χ1v) is 31.9. The van der Waals surface area contributed by atoms with Crippen LogP contribution < -0.4 is 27.8 Å². The lowest BCUT2D eigenvalue weighted by molar-refractivity contribution is -0.387. The maximum Gasteiger partial charge on any atom is 0.410 e. The maximum absolute atomic E-state index is 13.2. The highest BCUT2D eigenvalue weighted by atomic mass is 19.1. The van der Waals surface area contributed by atoms with Gasteiger partial charge in [0.2, 0.25) is 5.82 Å². The number of anilines is 3. The molecule has 4 fully saturated rings. The highest BCUT2D eigenvalue weighted by Gasteiger charge is 2.38. The van der Waals surface area contributed by atoms with Crippen molar-refractivity contribution in [1.82, 2.24) is 34.1 Å². The fourth-order valence-corrected chi connectivity index (χ4v) is 8.82. The molecule has 0 unspecified atom stereocenters. The van der Waals surface area contributed by atoms with E-state index in [-0.39, 0.29) is 71.9 Å². The first-order chi connectivity index (χ1) is 45.9. The first-order valence-electron chi connectivity index (χ1n) is 31.9. The molecule has 0 atom stereocenters. The Morgan fingerprint density at radius 1 is 0.556 bits per heavy atom. The number of aromatic nitrogens is 2. The molecule has 4 saturated heterocycles. The molecule has 9 N–H and O–H groups in total. The predicted octanol–water partition coefficient (Wildman–Crippen LogP) is 10.9. The van der Waals surface area contributed by atoms with Gasteiger partial charge in [0, 0.05) is 72.1 Å². The number of H-pyrrole nitrogens is 1. The summed E-state index contributed by atoms with van der Waals surface area (Å²) in [5.41, 5.74) is 10.2. The molecule has 9 rings (SSSR count). The number of aromatic amines is 1. The van der Waals surface area contributed by atoms with Gasteiger partial charge >= 0.3 is 35.8 Å². The average Bonchev–Trinajstić information content (AvgIpc) is 1.65. The van der Waals surface area contributed by atoms with E-state index in [1.54, 1.807) is 79.9 Å². The van der Waals surface area contributed by atoms with Crippen LogP contribution in [0.25, 0.3) is 11.0 Å². The summed E-state index contributed by atoms with van der Waals surface area (Å²) in [5.74, 6) is -3.28. The number of ether oxygens (including phenoxy) is 4. The van der Waals surface area contributed by atoms with Crippen molar-refractivity contribution in [3.8, 4) is 0 Å². The van der Waals surface area contributed by atoms with Crippen LogP contribution >= 0.6 is 0 Å². The Morgan fingerprint density at radius 3 is 1.24 bits per heavy atom. The number of amides is 4. The molecule has 554 valence electrons. The van der Waals surface area contributed by atoms with Crippen molar-refractivity contribution in [3.05, 3.63) is 133 Å². The molecule has 4 amide bonds. The number of nitrogen functional groups attached to an aromatic ring is 1. The number of hydrogen-bond donors (Lipinski definition) is 7. The highest BCUT2D eigenvalue weighted by molar-refractivity contribution is 5.76. The van der Waals surface area contributed by atoms with Gasteiger partial charge in [0.1, 0.15) is 51.4 Å². The van der Waals surface area contributed by atoms with Crippen LogP contribution in [0.4, 0.5) is 69.6 Å². The third kappa shape index (κ3) is 30.3. The number of aliphatic hydroxyl groups is 2. The third-order valence-electron chi connectivity index (χ3n) is 13.5. The second-order valence-electron chi connectivity index (χ2n) is 26.5. The van der Waals surface area contributed by atoms with Crippen LogP contribution in [0.3, 0.4) is 0 Å². The van der Waals surface area contributed by atoms with Crippen molar-refractivity contribution >= 4 is 63.8 Å². The lowest BCUT2D eigenvalue weighted by Gasteiger charge is -2.40. The first kappa shape index (κ1) is 86.0. The van der Waals surface area contributed by atoms with Gasteiger partial charge in [-0.3, -0.25) is 24.8 Å². The predicted molar refractivity (Wildman–Crippen MR) is 367 cm³/mol. The van der Waals surface area contributed by atoms with Crippen LogP contribution in [0.2, 0.25) is 0 Å². The zero-order valence-electron chi connectivity index (χ0n) is 59.5. The van der Waals surface area contributed by atoms with Crippen LogP contribution in [0.15, 0.2) is 77.6 Å². The summed E-state index contributed by atoms with van der Waals surface area (Å²) >= 11 is 0. The van der Waals surface area contributed by atoms with Crippen LogP contribution in [-0.4, -0.2) is 205 Å². The zero-order valence-corrected chi connectivity index (χ0v) is 59.5. The van der Waals surface area contributed by atoms with E-state index in [0.717, 1.165) is 25.3 Å². The number of nitro groups is 2. The monoisotopic (exact) mass is 1410 g/mol. The molecule has 0 bridgehead atoms. The summed E-state index contributed by atoms with van der Waals surface area (Å²) in [6.45, 7) is 37.8. The summed E-state index contributed by atoms with van der Waals surface area (Å²) in [5, 5.41) is 41.6. The Kier molecular flexibility index (Phi) is 33.8. The number of rotatable bonds is 10. The Morgan fingerprint density at radius 2 is 0.889 bits per heavy atom. The second kappa shape index (κ2) is 38.9. The number of carbonyl (C=O) groups excluding carboxylic acids is 4. The van der Waals surface area contributed by atoms with E-state index in [1.165, 1.54) is 54.9 Å². The zero-order chi connectivity index (χ0) is 75.7. The Balaban J connectivity index is 0.000000412. The third-order valence-corrected chi connectivity index (χ3v) is 13.5. The lowest BCUT2D eigenvalue weighted by Crippen LogP contribution is -2.58. The molecular weight excluding hydrogens is 1310 g/mol. The Bertz CT molecular complexity index is 3470. The van der Waals surface area contributed by atoms with E-state index in [1.807, 2.05) is 41.5 Å². The second-order valence-corrected chi connectivity index (χ2v) is 26.5. The number of nitrogens with zero attached hydrogens (tertiary/aromatic N) is 8. The SMILES string of the molecule is CC(C)(C)OC(=O)N1CC(N)C1.CC(C)(C)OC(=O)N1CC(Nc2ccc(F)cc2N)C1.CC(C)(C)OC(=O)N1CC(Nc2ccc(F)cc2[N+](=O)[O-])C1.CC(C)(C)OC(=O)N1CC(n2c(=O)[nH]c3cc(F)ccc32)C1.CCN(CC)CC.CCO.CO.O=[N+]([O-])c1cc(F)ccc1F. The molecule has 5 aromatic rings. The molecule has 4 aliphatic rings. The van der Waals surface area contributed by atoms with Crippen LogP contribution in [0, 0.1) is 49.3 Å². The number of nitro benzene ring substituents is 2. The number of fused-ring (bicyclic) bond motifs is 1. The Labute approximate surface area is 573 Å². The van der Waals surface area contributed by atoms with Crippen molar-refractivity contribution in [2.45, 2.75) is 157 Å². The van der Waals surface area contributed by atoms with E-state index in [9.17, 15) is 66.2 Å². The van der Waals surface area contributed by atoms with Crippen LogP contribution in [-0.2, 0) is 18.9 Å². The van der Waals surface area contributed by atoms with Gasteiger partial charge in [0.15, 0.2) is 0 Å². The molecule has 5 heterocycles. The van der Waals surface area contributed by atoms with Crippen LogP contribution in [0.1, 0.15) is 117 Å². The summed E-state index contributed by atoms with van der Waals surface area (Å²) in [4.78, 5) is 89.2. The number of halogens is 5. The van der Waals surface area contributed by atoms with E-state index in [0.29, 0.717) is 86.9 Å². The summed E-state index contributed by atoms with van der Waals surface area (Å²) in [7, 11) is 1.00. The van der Waals surface area contributed by atoms with Crippen molar-refractivity contribution < 1.29 is 80.1 Å². The van der Waals surface area contributed by atoms with E-state index < -0.39 is 67.3 Å². The topological polar surface area (TPSA) is 362 Å². The van der Waals surface area contributed by atoms with Crippen molar-refractivity contribution in [2.24, 2.45) is 5.73 Å². The smallest absolute Gasteiger partial charge is 0.410 e. The molecule has 0 spiro atoms. The maximum atomic E-state index is 13.2. The molecule has 28 nitrogen and oxygen atoms in total. The molecular formula is C66H100F5N13O15. The lowest BCUT2D eigenvalue weighted by atomic mass is 10.1. The van der Waals surface area contributed by atoms with Gasteiger partial charge in [-0.1, -0.05) is 20.8 Å². The fraction of sp³-hybridized carbons (Fsp3) is 0.561. The molecule has 0 saturated carbocycles. The quantitative estimate of drug-likeness (QED) is 0.0224. The number of nitrogens with two attached hydrogens (primary N) is 2. The molecule has 1 aromatic heterocycles. The van der Waals surface area contributed by atoms with E-state index in [4.69, 9.17) is 40.6 Å². The van der Waals surface area contributed by atoms with Gasteiger partial charge in [-0.05, 0) is 170 Å². The number of imidazole rings is 1. The van der Waals surface area contributed by atoms with Crippen molar-refractivity contribution in [3.63, 3.8) is 0 Å². The minimum absolute atomic E-state index is 0.107. The number of carbonyl (C=O) groups is 4. The van der Waals surface area contributed by atoms with Gasteiger partial charge in [-0.15, -0.1) is 0 Å². The molecule has 4 aliphatic heterocycles. The largest absolute Gasteiger partial charge is 0.444 e. The molecule has 0 radical (unpaired) electrons. The normalized spacial score (nSPS) is 14.4. The minimum atomic E-state index is -1.03. The fourth-order valence-electron chi connectivity index (χ4n) is 8.82.